The second-order valence-corrected chi connectivity index (χ2v) is 4.37. The maximum absolute atomic E-state index is 11.1. The zero-order valence-corrected chi connectivity index (χ0v) is 10.1. The first kappa shape index (κ1) is 10.9. The Hall–Kier alpha value is -1.61. The van der Waals surface area contributed by atoms with Crippen LogP contribution in [0.2, 0.25) is 0 Å². The topological polar surface area (TPSA) is 43.1 Å². The molecule has 0 atom stereocenters. The Morgan fingerprint density at radius 2 is 1.69 bits per heavy atom. The summed E-state index contributed by atoms with van der Waals surface area (Å²) in [7, 11) is 0. The van der Waals surface area contributed by atoms with Crippen molar-refractivity contribution in [1.82, 2.24) is 0 Å². The number of amides is 1. The zero-order valence-electron chi connectivity index (χ0n) is 8.48. The van der Waals surface area contributed by atoms with Crippen molar-refractivity contribution in [1.29, 1.82) is 0 Å². The van der Waals surface area contributed by atoms with Gasteiger partial charge < -0.3 is 5.73 Å². The molecule has 0 saturated carbocycles. The third-order valence-electron chi connectivity index (χ3n) is 2.32. The van der Waals surface area contributed by atoms with Gasteiger partial charge in [0, 0.05) is 10.0 Å². The van der Waals surface area contributed by atoms with E-state index in [1.165, 1.54) is 0 Å². The van der Waals surface area contributed by atoms with E-state index in [9.17, 15) is 4.79 Å². The van der Waals surface area contributed by atoms with Crippen LogP contribution in [-0.2, 0) is 0 Å². The number of halogens is 1. The molecule has 80 valence electrons. The SMILES string of the molecule is NC(=O)c1cccc(-c2ccc(Br)cc2)c1. The van der Waals surface area contributed by atoms with Crippen molar-refractivity contribution in [2.45, 2.75) is 0 Å². The van der Waals surface area contributed by atoms with Crippen LogP contribution in [0.1, 0.15) is 10.4 Å². The minimum atomic E-state index is -0.404. The van der Waals surface area contributed by atoms with Gasteiger partial charge in [-0.1, -0.05) is 40.2 Å². The van der Waals surface area contributed by atoms with Crippen LogP contribution < -0.4 is 5.73 Å². The summed E-state index contributed by atoms with van der Waals surface area (Å²) < 4.78 is 1.03. The van der Waals surface area contributed by atoms with Crippen molar-refractivity contribution in [3.05, 3.63) is 58.6 Å². The van der Waals surface area contributed by atoms with Gasteiger partial charge in [-0.25, -0.2) is 0 Å². The number of carbonyl (C=O) groups excluding carboxylic acids is 1. The highest BCUT2D eigenvalue weighted by Gasteiger charge is 2.02. The van der Waals surface area contributed by atoms with Gasteiger partial charge in [0.25, 0.3) is 0 Å². The van der Waals surface area contributed by atoms with E-state index in [4.69, 9.17) is 5.73 Å². The lowest BCUT2D eigenvalue weighted by Crippen LogP contribution is -2.10. The lowest BCUT2D eigenvalue weighted by molar-refractivity contribution is 0.100. The highest BCUT2D eigenvalue weighted by atomic mass is 79.9. The maximum atomic E-state index is 11.1. The monoisotopic (exact) mass is 275 g/mol. The second kappa shape index (κ2) is 4.49. The molecule has 2 aromatic carbocycles. The normalized spacial score (nSPS) is 10.1. The molecular formula is C13H10BrNO. The summed E-state index contributed by atoms with van der Waals surface area (Å²) in [5.74, 6) is -0.404. The first-order valence-corrected chi connectivity index (χ1v) is 5.62. The molecule has 16 heavy (non-hydrogen) atoms. The van der Waals surface area contributed by atoms with E-state index in [1.807, 2.05) is 36.4 Å². The second-order valence-electron chi connectivity index (χ2n) is 3.45. The first-order chi connectivity index (χ1) is 7.66. The van der Waals surface area contributed by atoms with Crippen LogP contribution in [-0.4, -0.2) is 5.91 Å². The van der Waals surface area contributed by atoms with E-state index in [0.29, 0.717) is 5.56 Å². The lowest BCUT2D eigenvalue weighted by Gasteiger charge is -2.03. The zero-order chi connectivity index (χ0) is 11.5. The molecule has 0 fully saturated rings. The highest BCUT2D eigenvalue weighted by molar-refractivity contribution is 9.10. The summed E-state index contributed by atoms with van der Waals surface area (Å²) in [5, 5.41) is 0. The van der Waals surface area contributed by atoms with Gasteiger partial charge in [0.2, 0.25) is 5.91 Å². The van der Waals surface area contributed by atoms with Gasteiger partial charge in [-0.05, 0) is 35.4 Å². The summed E-state index contributed by atoms with van der Waals surface area (Å²) in [6, 6.07) is 15.2. The smallest absolute Gasteiger partial charge is 0.248 e. The number of hydrogen-bond donors (Lipinski definition) is 1. The quantitative estimate of drug-likeness (QED) is 0.899. The molecule has 2 aromatic rings. The van der Waals surface area contributed by atoms with E-state index in [0.717, 1.165) is 15.6 Å². The Balaban J connectivity index is 2.44. The molecule has 0 saturated heterocycles. The summed E-state index contributed by atoms with van der Waals surface area (Å²) in [6.07, 6.45) is 0. The number of carbonyl (C=O) groups is 1. The van der Waals surface area contributed by atoms with Gasteiger partial charge in [0.05, 0.1) is 0 Å². The predicted octanol–water partition coefficient (Wildman–Crippen LogP) is 3.22. The largest absolute Gasteiger partial charge is 0.366 e. The Morgan fingerprint density at radius 1 is 1.00 bits per heavy atom. The fourth-order valence-corrected chi connectivity index (χ4v) is 1.76. The maximum Gasteiger partial charge on any atom is 0.248 e. The highest BCUT2D eigenvalue weighted by Crippen LogP contribution is 2.22. The van der Waals surface area contributed by atoms with Gasteiger partial charge in [-0.3, -0.25) is 4.79 Å². The number of benzene rings is 2. The molecule has 0 aliphatic heterocycles. The summed E-state index contributed by atoms with van der Waals surface area (Å²) in [4.78, 5) is 11.1. The Kier molecular flexibility index (Phi) is 3.06. The number of primary amides is 1. The van der Waals surface area contributed by atoms with Crippen LogP contribution in [0.5, 0.6) is 0 Å². The van der Waals surface area contributed by atoms with Crippen molar-refractivity contribution in [3.8, 4) is 11.1 Å². The van der Waals surface area contributed by atoms with Gasteiger partial charge in [0.15, 0.2) is 0 Å². The average molecular weight is 276 g/mol. The summed E-state index contributed by atoms with van der Waals surface area (Å²) in [5.41, 5.74) is 7.82. The standard InChI is InChI=1S/C13H10BrNO/c14-12-6-4-9(5-7-12)10-2-1-3-11(8-10)13(15)16/h1-8H,(H2,15,16). The van der Waals surface area contributed by atoms with Crippen LogP contribution in [0.4, 0.5) is 0 Å². The molecule has 0 aromatic heterocycles. The van der Waals surface area contributed by atoms with Crippen LogP contribution in [0.15, 0.2) is 53.0 Å². The van der Waals surface area contributed by atoms with Crippen molar-refractivity contribution < 1.29 is 4.79 Å². The van der Waals surface area contributed by atoms with Crippen LogP contribution in [0, 0.1) is 0 Å². The Morgan fingerprint density at radius 3 is 2.31 bits per heavy atom. The molecule has 0 heterocycles. The Labute approximate surface area is 102 Å². The molecule has 0 unspecified atom stereocenters. The van der Waals surface area contributed by atoms with E-state index < -0.39 is 5.91 Å². The van der Waals surface area contributed by atoms with Crippen molar-refractivity contribution in [2.75, 3.05) is 0 Å². The molecule has 0 bridgehead atoms. The van der Waals surface area contributed by atoms with Gasteiger partial charge >= 0.3 is 0 Å². The molecule has 0 spiro atoms. The minimum absolute atomic E-state index is 0.404. The van der Waals surface area contributed by atoms with Gasteiger partial charge in [0.1, 0.15) is 0 Å². The van der Waals surface area contributed by atoms with Gasteiger partial charge in [-0.15, -0.1) is 0 Å². The lowest BCUT2D eigenvalue weighted by atomic mass is 10.0. The molecule has 0 radical (unpaired) electrons. The number of nitrogens with two attached hydrogens (primary N) is 1. The van der Waals surface area contributed by atoms with Gasteiger partial charge in [-0.2, -0.15) is 0 Å². The third kappa shape index (κ3) is 2.31. The first-order valence-electron chi connectivity index (χ1n) is 4.82. The fraction of sp³-hybridized carbons (Fsp3) is 0. The number of hydrogen-bond acceptors (Lipinski definition) is 1. The molecule has 0 aliphatic rings. The van der Waals surface area contributed by atoms with Crippen LogP contribution in [0.25, 0.3) is 11.1 Å². The molecule has 2 rings (SSSR count). The molecule has 0 aliphatic carbocycles. The molecule has 2 N–H and O–H groups in total. The molecular weight excluding hydrogens is 266 g/mol. The molecule has 2 nitrogen and oxygen atoms in total. The minimum Gasteiger partial charge on any atom is -0.366 e. The van der Waals surface area contributed by atoms with E-state index in [1.54, 1.807) is 12.1 Å². The third-order valence-corrected chi connectivity index (χ3v) is 2.85. The van der Waals surface area contributed by atoms with Crippen LogP contribution in [0.3, 0.4) is 0 Å². The molecule has 3 heteroatoms. The fourth-order valence-electron chi connectivity index (χ4n) is 1.49. The summed E-state index contributed by atoms with van der Waals surface area (Å²) in [6.45, 7) is 0. The average Bonchev–Trinajstić information content (AvgIpc) is 2.30. The van der Waals surface area contributed by atoms with Crippen molar-refractivity contribution in [3.63, 3.8) is 0 Å². The van der Waals surface area contributed by atoms with Crippen molar-refractivity contribution >= 4 is 21.8 Å². The van der Waals surface area contributed by atoms with E-state index >= 15 is 0 Å². The van der Waals surface area contributed by atoms with E-state index in [2.05, 4.69) is 15.9 Å². The summed E-state index contributed by atoms with van der Waals surface area (Å²) >= 11 is 3.38. The van der Waals surface area contributed by atoms with Crippen molar-refractivity contribution in [2.24, 2.45) is 5.73 Å². The predicted molar refractivity (Wildman–Crippen MR) is 68.1 cm³/mol. The molecule has 1 amide bonds. The number of rotatable bonds is 2. The van der Waals surface area contributed by atoms with E-state index in [-0.39, 0.29) is 0 Å². The van der Waals surface area contributed by atoms with Crippen LogP contribution >= 0.6 is 15.9 Å². The Bertz CT molecular complexity index is 520.